The molecule has 0 radical (unpaired) electrons. The van der Waals surface area contributed by atoms with Gasteiger partial charge < -0.3 is 14.8 Å². The van der Waals surface area contributed by atoms with Crippen molar-refractivity contribution < 1.29 is 9.59 Å². The third-order valence-corrected chi connectivity index (χ3v) is 5.17. The number of nitrogens with one attached hydrogen (secondary N) is 1. The van der Waals surface area contributed by atoms with E-state index in [9.17, 15) is 9.59 Å². The van der Waals surface area contributed by atoms with Gasteiger partial charge in [-0.05, 0) is 42.0 Å². The Balaban J connectivity index is 1.49. The van der Waals surface area contributed by atoms with E-state index in [-0.39, 0.29) is 18.2 Å². The van der Waals surface area contributed by atoms with Crippen LogP contribution in [0, 0.1) is 0 Å². The summed E-state index contributed by atoms with van der Waals surface area (Å²) in [6, 6.07) is 24.5. The van der Waals surface area contributed by atoms with Crippen molar-refractivity contribution in [2.75, 3.05) is 17.3 Å². The van der Waals surface area contributed by atoms with Crippen LogP contribution in [-0.2, 0) is 18.3 Å². The zero-order chi connectivity index (χ0) is 21.1. The van der Waals surface area contributed by atoms with Gasteiger partial charge in [0.15, 0.2) is 0 Å². The maximum atomic E-state index is 12.8. The molecule has 30 heavy (non-hydrogen) atoms. The van der Waals surface area contributed by atoms with E-state index < -0.39 is 0 Å². The minimum atomic E-state index is -0.133. The molecule has 4 aromatic rings. The molecule has 4 rings (SSSR count). The molecule has 2 amide bonds. The number of carbonyl (C=O) groups excluding carboxylic acids is 2. The van der Waals surface area contributed by atoms with E-state index in [1.165, 1.54) is 0 Å². The zero-order valence-electron chi connectivity index (χ0n) is 17.0. The van der Waals surface area contributed by atoms with Crippen LogP contribution in [0.5, 0.6) is 0 Å². The van der Waals surface area contributed by atoms with Gasteiger partial charge in [-0.2, -0.15) is 0 Å². The average molecular weight is 397 g/mol. The molecule has 0 saturated heterocycles. The summed E-state index contributed by atoms with van der Waals surface area (Å²) < 4.78 is 2.02. The second-order valence-electron chi connectivity index (χ2n) is 7.29. The molecule has 0 aliphatic rings. The Kier molecular flexibility index (Phi) is 5.35. The fourth-order valence-corrected chi connectivity index (χ4v) is 3.64. The largest absolute Gasteiger partial charge is 0.350 e. The first-order valence-corrected chi connectivity index (χ1v) is 9.79. The third kappa shape index (κ3) is 3.96. The summed E-state index contributed by atoms with van der Waals surface area (Å²) in [5, 5.41) is 3.99. The Morgan fingerprint density at radius 2 is 1.67 bits per heavy atom. The predicted molar refractivity (Wildman–Crippen MR) is 121 cm³/mol. The van der Waals surface area contributed by atoms with Gasteiger partial charge >= 0.3 is 0 Å². The van der Waals surface area contributed by atoms with Crippen LogP contribution in [0.1, 0.15) is 15.9 Å². The molecule has 0 unspecified atom stereocenters. The minimum Gasteiger partial charge on any atom is -0.350 e. The smallest absolute Gasteiger partial charge is 0.258 e. The van der Waals surface area contributed by atoms with Crippen LogP contribution in [0.15, 0.2) is 85.1 Å². The number of benzene rings is 3. The number of carbonyl (C=O) groups is 2. The first-order chi connectivity index (χ1) is 14.5. The van der Waals surface area contributed by atoms with Crippen LogP contribution >= 0.6 is 0 Å². The average Bonchev–Trinajstić information content (AvgIpc) is 3.09. The summed E-state index contributed by atoms with van der Waals surface area (Å²) >= 11 is 0. The fraction of sp³-hybridized carbons (Fsp3) is 0.120. The summed E-state index contributed by atoms with van der Waals surface area (Å²) in [5.41, 5.74) is 4.00. The highest BCUT2D eigenvalue weighted by atomic mass is 16.2. The normalized spacial score (nSPS) is 10.7. The number of rotatable bonds is 5. The lowest BCUT2D eigenvalue weighted by atomic mass is 10.1. The van der Waals surface area contributed by atoms with Crippen LogP contribution < -0.4 is 10.2 Å². The highest BCUT2D eigenvalue weighted by molar-refractivity contribution is 6.06. The van der Waals surface area contributed by atoms with Gasteiger partial charge in [0.1, 0.15) is 0 Å². The predicted octanol–water partition coefficient (Wildman–Crippen LogP) is 4.64. The molecule has 3 aromatic carbocycles. The standard InChI is InChI=1S/C25H23N3O2/c1-27-17-19(22-13-6-7-14-23(22)27)16-24(29)26-20-10-8-9-18(15-20)25(30)28(2)21-11-4-3-5-12-21/h3-15,17H,16H2,1-2H3,(H,26,29). The summed E-state index contributed by atoms with van der Waals surface area (Å²) in [6.45, 7) is 0. The van der Waals surface area contributed by atoms with E-state index in [2.05, 4.69) is 5.32 Å². The van der Waals surface area contributed by atoms with Crippen molar-refractivity contribution in [3.05, 3.63) is 96.2 Å². The lowest BCUT2D eigenvalue weighted by molar-refractivity contribution is -0.115. The van der Waals surface area contributed by atoms with Crippen LogP contribution in [0.3, 0.4) is 0 Å². The Morgan fingerprint density at radius 3 is 2.47 bits per heavy atom. The highest BCUT2D eigenvalue weighted by Crippen LogP contribution is 2.22. The van der Waals surface area contributed by atoms with Crippen LogP contribution in [-0.4, -0.2) is 23.4 Å². The molecular formula is C25H23N3O2. The van der Waals surface area contributed by atoms with Gasteiger partial charge in [0.2, 0.25) is 5.91 Å². The van der Waals surface area contributed by atoms with Crippen molar-refractivity contribution in [3.63, 3.8) is 0 Å². The maximum Gasteiger partial charge on any atom is 0.258 e. The van der Waals surface area contributed by atoms with Crippen molar-refractivity contribution >= 4 is 34.1 Å². The van der Waals surface area contributed by atoms with Gasteiger partial charge in [0.05, 0.1) is 6.42 Å². The van der Waals surface area contributed by atoms with E-state index in [0.717, 1.165) is 22.2 Å². The van der Waals surface area contributed by atoms with Gasteiger partial charge in [-0.1, -0.05) is 42.5 Å². The van der Waals surface area contributed by atoms with E-state index in [1.807, 2.05) is 72.4 Å². The van der Waals surface area contributed by atoms with Gasteiger partial charge in [0.25, 0.3) is 5.91 Å². The lowest BCUT2D eigenvalue weighted by Crippen LogP contribution is -2.26. The molecule has 1 N–H and O–H groups in total. The molecule has 0 atom stereocenters. The van der Waals surface area contributed by atoms with Crippen molar-refractivity contribution in [3.8, 4) is 0 Å². The second kappa shape index (κ2) is 8.25. The SMILES string of the molecule is CN(C(=O)c1cccc(NC(=O)Cc2cn(C)c3ccccc23)c1)c1ccccc1. The monoisotopic (exact) mass is 397 g/mol. The Morgan fingerprint density at radius 1 is 0.933 bits per heavy atom. The van der Waals surface area contributed by atoms with E-state index in [0.29, 0.717) is 11.3 Å². The van der Waals surface area contributed by atoms with E-state index in [1.54, 1.807) is 36.2 Å². The van der Waals surface area contributed by atoms with Crippen LogP contribution in [0.2, 0.25) is 0 Å². The molecule has 5 heteroatoms. The van der Waals surface area contributed by atoms with Crippen molar-refractivity contribution in [1.82, 2.24) is 4.57 Å². The summed E-state index contributed by atoms with van der Waals surface area (Å²) in [4.78, 5) is 27.1. The summed E-state index contributed by atoms with van der Waals surface area (Å²) in [6.07, 6.45) is 2.25. The van der Waals surface area contributed by atoms with Crippen LogP contribution in [0.4, 0.5) is 11.4 Å². The summed E-state index contributed by atoms with van der Waals surface area (Å²) in [7, 11) is 3.71. The second-order valence-corrected chi connectivity index (χ2v) is 7.29. The van der Waals surface area contributed by atoms with Gasteiger partial charge in [-0.15, -0.1) is 0 Å². The molecule has 0 aliphatic heterocycles. The molecule has 0 aliphatic carbocycles. The molecule has 1 heterocycles. The number of para-hydroxylation sites is 2. The Labute approximate surface area is 175 Å². The minimum absolute atomic E-state index is 0.118. The van der Waals surface area contributed by atoms with E-state index in [4.69, 9.17) is 0 Å². The number of aromatic nitrogens is 1. The van der Waals surface area contributed by atoms with E-state index >= 15 is 0 Å². The molecule has 0 fully saturated rings. The van der Waals surface area contributed by atoms with Gasteiger partial charge in [-0.3, -0.25) is 9.59 Å². The van der Waals surface area contributed by atoms with Crippen molar-refractivity contribution in [2.24, 2.45) is 7.05 Å². The number of fused-ring (bicyclic) bond motifs is 1. The number of amides is 2. The maximum absolute atomic E-state index is 12.8. The topological polar surface area (TPSA) is 54.3 Å². The first-order valence-electron chi connectivity index (χ1n) is 9.79. The fourth-order valence-electron chi connectivity index (χ4n) is 3.64. The quantitative estimate of drug-likeness (QED) is 0.534. The lowest BCUT2D eigenvalue weighted by Gasteiger charge is -2.17. The molecule has 1 aromatic heterocycles. The van der Waals surface area contributed by atoms with Gasteiger partial charge in [-0.25, -0.2) is 0 Å². The van der Waals surface area contributed by atoms with Crippen LogP contribution in [0.25, 0.3) is 10.9 Å². The highest BCUT2D eigenvalue weighted by Gasteiger charge is 2.15. The third-order valence-electron chi connectivity index (χ3n) is 5.17. The number of aryl methyl sites for hydroxylation is 1. The molecular weight excluding hydrogens is 374 g/mol. The zero-order valence-corrected chi connectivity index (χ0v) is 17.0. The summed E-state index contributed by atoms with van der Waals surface area (Å²) in [5.74, 6) is -0.251. The first kappa shape index (κ1) is 19.5. The van der Waals surface area contributed by atoms with Gasteiger partial charge in [0, 0.05) is 48.1 Å². The molecule has 0 saturated carbocycles. The molecule has 0 spiro atoms. The molecule has 5 nitrogen and oxygen atoms in total. The Bertz CT molecular complexity index is 1210. The number of hydrogen-bond donors (Lipinski definition) is 1. The molecule has 0 bridgehead atoms. The number of hydrogen-bond acceptors (Lipinski definition) is 2. The van der Waals surface area contributed by atoms with Crippen molar-refractivity contribution in [2.45, 2.75) is 6.42 Å². The van der Waals surface area contributed by atoms with Crippen molar-refractivity contribution in [1.29, 1.82) is 0 Å². The number of anilines is 2. The number of nitrogens with zero attached hydrogens (tertiary/aromatic N) is 2. The Hall–Kier alpha value is -3.86. The molecule has 150 valence electrons.